The van der Waals surface area contributed by atoms with Crippen molar-refractivity contribution < 1.29 is 6.22 Å². The van der Waals surface area contributed by atoms with E-state index in [9.17, 15) is 4.79 Å². The number of carbonyl (C=O) groups is 1. The van der Waals surface area contributed by atoms with Crippen molar-refractivity contribution in [2.75, 3.05) is 7.05 Å². The van der Waals surface area contributed by atoms with Gasteiger partial charge in [-0.3, -0.25) is 9.78 Å². The quantitative estimate of drug-likeness (QED) is 0.754. The molecule has 0 unspecified atom stereocenters. The Balaban J connectivity index is 0.00000169. The van der Waals surface area contributed by atoms with Crippen molar-refractivity contribution in [2.24, 2.45) is 0 Å². The fraction of sp³-hybridized carbons (Fsp3) is 0.400. The fourth-order valence-electron chi connectivity index (χ4n) is 1.01. The van der Waals surface area contributed by atoms with Gasteiger partial charge in [0.25, 0.3) is 5.91 Å². The molecule has 72 valence electrons. The minimum Gasteiger partial charge on any atom is -0.354 e. The van der Waals surface area contributed by atoms with E-state index in [4.69, 9.17) is 0 Å². The van der Waals surface area contributed by atoms with Crippen LogP contribution in [0.3, 0.4) is 0 Å². The van der Waals surface area contributed by atoms with Gasteiger partial charge in [0, 0.05) is 14.7 Å². The van der Waals surface area contributed by atoms with Crippen LogP contribution in [0.2, 0.25) is 0 Å². The van der Waals surface area contributed by atoms with Gasteiger partial charge in [0.15, 0.2) is 0 Å². The van der Waals surface area contributed by atoms with Crippen LogP contribution >= 0.6 is 0 Å². The fourth-order valence-corrected chi connectivity index (χ4v) is 1.01. The van der Waals surface area contributed by atoms with Crippen molar-refractivity contribution in [1.82, 2.24) is 10.3 Å². The molecule has 0 saturated heterocycles. The lowest BCUT2D eigenvalue weighted by atomic mass is 10.1. The van der Waals surface area contributed by atoms with E-state index in [0.29, 0.717) is 11.6 Å². The van der Waals surface area contributed by atoms with E-state index >= 15 is 0 Å². The molecule has 0 spiro atoms. The van der Waals surface area contributed by atoms with E-state index in [1.54, 1.807) is 19.3 Å². The molecule has 1 aromatic heterocycles. The standard InChI is InChI=1S/C10H14N2O.H2/c1-7(2)8-4-5-9(12-6-8)10(13)11-3;/h4-7H,1-3H3,(H,11,13);1H. The number of nitrogens with one attached hydrogen (secondary N) is 1. The van der Waals surface area contributed by atoms with Crippen molar-refractivity contribution in [2.45, 2.75) is 19.8 Å². The lowest BCUT2D eigenvalue weighted by Gasteiger charge is -2.04. The van der Waals surface area contributed by atoms with Crippen molar-refractivity contribution in [3.05, 3.63) is 29.6 Å². The molecule has 1 heterocycles. The number of pyridine rings is 1. The van der Waals surface area contributed by atoms with E-state index in [0.717, 1.165) is 5.56 Å². The van der Waals surface area contributed by atoms with Crippen LogP contribution in [0.15, 0.2) is 18.3 Å². The van der Waals surface area contributed by atoms with Crippen LogP contribution in [-0.2, 0) is 0 Å². The molecule has 0 saturated carbocycles. The van der Waals surface area contributed by atoms with E-state index in [1.807, 2.05) is 6.07 Å². The van der Waals surface area contributed by atoms with Crippen LogP contribution in [0.25, 0.3) is 0 Å². The Morgan fingerprint density at radius 2 is 2.23 bits per heavy atom. The summed E-state index contributed by atoms with van der Waals surface area (Å²) in [5.74, 6) is 0.307. The monoisotopic (exact) mass is 180 g/mol. The summed E-state index contributed by atoms with van der Waals surface area (Å²) < 4.78 is 0. The largest absolute Gasteiger partial charge is 0.354 e. The van der Waals surface area contributed by atoms with Gasteiger partial charge in [0.2, 0.25) is 0 Å². The number of aromatic nitrogens is 1. The van der Waals surface area contributed by atoms with Gasteiger partial charge in [0.05, 0.1) is 0 Å². The molecular weight excluding hydrogens is 164 g/mol. The zero-order chi connectivity index (χ0) is 9.84. The molecule has 3 heteroatoms. The summed E-state index contributed by atoms with van der Waals surface area (Å²) in [6, 6.07) is 3.68. The number of carbonyl (C=O) groups excluding carboxylic acids is 1. The van der Waals surface area contributed by atoms with Gasteiger partial charge >= 0.3 is 0 Å². The van der Waals surface area contributed by atoms with Crippen LogP contribution in [0.1, 0.15) is 37.2 Å². The van der Waals surface area contributed by atoms with E-state index < -0.39 is 0 Å². The maximum absolute atomic E-state index is 11.1. The summed E-state index contributed by atoms with van der Waals surface area (Å²) in [4.78, 5) is 15.2. The summed E-state index contributed by atoms with van der Waals surface area (Å²) in [5, 5.41) is 2.53. The highest BCUT2D eigenvalue weighted by Gasteiger charge is 2.04. The molecule has 1 N–H and O–H groups in total. The first-order chi connectivity index (χ1) is 6.15. The van der Waals surface area contributed by atoms with Gasteiger partial charge in [-0.05, 0) is 17.5 Å². The third-order valence-electron chi connectivity index (χ3n) is 1.91. The van der Waals surface area contributed by atoms with Crippen molar-refractivity contribution in [3.63, 3.8) is 0 Å². The minimum atomic E-state index is -0.143. The number of rotatable bonds is 2. The molecule has 0 aliphatic heterocycles. The highest BCUT2D eigenvalue weighted by atomic mass is 16.1. The Kier molecular flexibility index (Phi) is 3.01. The minimum absolute atomic E-state index is 0. The zero-order valence-corrected chi connectivity index (χ0v) is 8.16. The Morgan fingerprint density at radius 3 is 2.62 bits per heavy atom. The van der Waals surface area contributed by atoms with Gasteiger partial charge in [-0.1, -0.05) is 19.9 Å². The Bertz CT molecular complexity index is 295. The molecule has 0 aliphatic carbocycles. The molecule has 0 aromatic carbocycles. The molecular formula is C10H16N2O. The van der Waals surface area contributed by atoms with Crippen molar-refractivity contribution in [1.29, 1.82) is 0 Å². The van der Waals surface area contributed by atoms with Crippen LogP contribution in [0, 0.1) is 0 Å². The van der Waals surface area contributed by atoms with Gasteiger partial charge in [-0.2, -0.15) is 0 Å². The number of nitrogens with zero attached hydrogens (tertiary/aromatic N) is 1. The van der Waals surface area contributed by atoms with E-state index in [2.05, 4.69) is 24.1 Å². The van der Waals surface area contributed by atoms with E-state index in [1.165, 1.54) is 0 Å². The highest BCUT2D eigenvalue weighted by Crippen LogP contribution is 2.12. The molecule has 1 amide bonds. The average molecular weight is 180 g/mol. The first-order valence-electron chi connectivity index (χ1n) is 4.33. The summed E-state index contributed by atoms with van der Waals surface area (Å²) in [7, 11) is 1.60. The van der Waals surface area contributed by atoms with Crippen molar-refractivity contribution >= 4 is 5.91 Å². The first-order valence-corrected chi connectivity index (χ1v) is 4.33. The lowest BCUT2D eigenvalue weighted by Crippen LogP contribution is -2.19. The molecule has 3 nitrogen and oxygen atoms in total. The van der Waals surface area contributed by atoms with Gasteiger partial charge in [-0.15, -0.1) is 0 Å². The predicted octanol–water partition coefficient (Wildman–Crippen LogP) is 1.81. The Hall–Kier alpha value is -1.38. The van der Waals surface area contributed by atoms with Gasteiger partial charge in [0.1, 0.15) is 5.69 Å². The molecule has 13 heavy (non-hydrogen) atoms. The molecule has 0 radical (unpaired) electrons. The van der Waals surface area contributed by atoms with Crippen LogP contribution in [0.5, 0.6) is 0 Å². The maximum atomic E-state index is 11.1. The summed E-state index contributed by atoms with van der Waals surface area (Å²) >= 11 is 0. The SMILES string of the molecule is CNC(=O)c1ccc(C(C)C)cn1.[HH]. The highest BCUT2D eigenvalue weighted by molar-refractivity contribution is 5.91. The zero-order valence-electron chi connectivity index (χ0n) is 8.16. The molecule has 0 bridgehead atoms. The first kappa shape index (κ1) is 9.71. The normalized spacial score (nSPS) is 10.2. The second-order valence-electron chi connectivity index (χ2n) is 3.21. The Labute approximate surface area is 79.7 Å². The molecule has 1 rings (SSSR count). The second-order valence-corrected chi connectivity index (χ2v) is 3.21. The van der Waals surface area contributed by atoms with Crippen LogP contribution in [-0.4, -0.2) is 17.9 Å². The summed E-state index contributed by atoms with van der Waals surface area (Å²) in [6.07, 6.45) is 1.75. The third-order valence-corrected chi connectivity index (χ3v) is 1.91. The maximum Gasteiger partial charge on any atom is 0.269 e. The van der Waals surface area contributed by atoms with Crippen molar-refractivity contribution in [3.8, 4) is 0 Å². The second kappa shape index (κ2) is 4.03. The number of hydrogen-bond acceptors (Lipinski definition) is 2. The number of amides is 1. The predicted molar refractivity (Wildman–Crippen MR) is 53.8 cm³/mol. The molecule has 0 fully saturated rings. The lowest BCUT2D eigenvalue weighted by molar-refractivity contribution is 0.0958. The smallest absolute Gasteiger partial charge is 0.269 e. The molecule has 1 aromatic rings. The van der Waals surface area contributed by atoms with Crippen LogP contribution < -0.4 is 5.32 Å². The topological polar surface area (TPSA) is 42.0 Å². The average Bonchev–Trinajstić information content (AvgIpc) is 2.17. The van der Waals surface area contributed by atoms with Crippen LogP contribution in [0.4, 0.5) is 0 Å². The summed E-state index contributed by atoms with van der Waals surface area (Å²) in [5.41, 5.74) is 1.61. The molecule has 0 atom stereocenters. The third kappa shape index (κ3) is 2.28. The van der Waals surface area contributed by atoms with Gasteiger partial charge < -0.3 is 5.32 Å². The van der Waals surface area contributed by atoms with Gasteiger partial charge in [-0.25, -0.2) is 0 Å². The summed E-state index contributed by atoms with van der Waals surface area (Å²) in [6.45, 7) is 4.19. The number of hydrogen-bond donors (Lipinski definition) is 1. The molecule has 0 aliphatic rings. The Morgan fingerprint density at radius 1 is 1.54 bits per heavy atom. The van der Waals surface area contributed by atoms with E-state index in [-0.39, 0.29) is 7.33 Å².